The Labute approximate surface area is 189 Å². The molecule has 1 aromatic heterocycles. The monoisotopic (exact) mass is 449 g/mol. The zero-order valence-corrected chi connectivity index (χ0v) is 18.6. The van der Waals surface area contributed by atoms with Gasteiger partial charge in [-0.1, -0.05) is 59.8 Å². The second-order valence-electron chi connectivity index (χ2n) is 7.10. The fraction of sp³-hybridized carbons (Fsp3) is 0.125. The van der Waals surface area contributed by atoms with Gasteiger partial charge in [0.2, 0.25) is 5.91 Å². The van der Waals surface area contributed by atoms with Crippen molar-refractivity contribution in [1.29, 1.82) is 0 Å². The molecule has 0 fully saturated rings. The van der Waals surface area contributed by atoms with Gasteiger partial charge >= 0.3 is 0 Å². The third kappa shape index (κ3) is 4.50. The van der Waals surface area contributed by atoms with Crippen LogP contribution in [0.4, 0.5) is 5.69 Å². The summed E-state index contributed by atoms with van der Waals surface area (Å²) in [5.74, 6) is -0.197. The first kappa shape index (κ1) is 21.2. The highest BCUT2D eigenvalue weighted by atomic mass is 35.5. The van der Waals surface area contributed by atoms with Gasteiger partial charge in [-0.3, -0.25) is 14.2 Å². The number of hydrogen-bond acceptors (Lipinski definition) is 4. The van der Waals surface area contributed by atoms with E-state index in [2.05, 4.69) is 5.32 Å². The van der Waals surface area contributed by atoms with Gasteiger partial charge in [0.15, 0.2) is 5.16 Å². The smallest absolute Gasteiger partial charge is 0.266 e. The van der Waals surface area contributed by atoms with Crippen molar-refractivity contribution in [1.82, 2.24) is 9.55 Å². The molecule has 1 unspecified atom stereocenters. The molecule has 0 saturated heterocycles. The van der Waals surface area contributed by atoms with Crippen LogP contribution in [0.25, 0.3) is 16.6 Å². The minimum Gasteiger partial charge on any atom is -0.325 e. The van der Waals surface area contributed by atoms with Crippen LogP contribution in [0.3, 0.4) is 0 Å². The Morgan fingerprint density at radius 2 is 1.77 bits per heavy atom. The molecule has 1 atom stereocenters. The summed E-state index contributed by atoms with van der Waals surface area (Å²) in [5, 5.41) is 3.96. The first-order chi connectivity index (χ1) is 14.9. The van der Waals surface area contributed by atoms with Crippen LogP contribution >= 0.6 is 23.4 Å². The first-order valence-corrected chi connectivity index (χ1v) is 11.0. The second kappa shape index (κ2) is 8.96. The zero-order valence-electron chi connectivity index (χ0n) is 17.0. The highest BCUT2D eigenvalue weighted by molar-refractivity contribution is 8.00. The van der Waals surface area contributed by atoms with E-state index in [1.807, 2.05) is 55.5 Å². The minimum absolute atomic E-state index is 0.169. The number of aromatic nitrogens is 2. The Kier molecular flexibility index (Phi) is 6.11. The molecule has 1 N–H and O–H groups in total. The molecule has 1 heterocycles. The predicted molar refractivity (Wildman–Crippen MR) is 127 cm³/mol. The van der Waals surface area contributed by atoms with E-state index >= 15 is 0 Å². The summed E-state index contributed by atoms with van der Waals surface area (Å²) in [6.45, 7) is 3.69. The highest BCUT2D eigenvalue weighted by Gasteiger charge is 2.21. The van der Waals surface area contributed by atoms with Crippen LogP contribution in [0.15, 0.2) is 82.7 Å². The van der Waals surface area contributed by atoms with Gasteiger partial charge in [0.05, 0.1) is 21.8 Å². The van der Waals surface area contributed by atoms with Crippen molar-refractivity contribution >= 4 is 45.9 Å². The Hall–Kier alpha value is -3.09. The Balaban J connectivity index is 1.71. The molecule has 4 aromatic rings. The number of nitrogens with zero attached hydrogens (tertiary/aromatic N) is 2. The molecular formula is C24H20ClN3O2S. The maximum absolute atomic E-state index is 13.3. The van der Waals surface area contributed by atoms with E-state index in [4.69, 9.17) is 16.6 Å². The normalized spacial score (nSPS) is 12.0. The van der Waals surface area contributed by atoms with Gasteiger partial charge in [0, 0.05) is 10.7 Å². The van der Waals surface area contributed by atoms with Gasteiger partial charge in [-0.05, 0) is 55.8 Å². The number of para-hydroxylation sites is 2. The number of hydrogen-bond donors (Lipinski definition) is 1. The maximum atomic E-state index is 13.3. The summed E-state index contributed by atoms with van der Waals surface area (Å²) in [7, 11) is 0. The molecule has 1 amide bonds. The average Bonchev–Trinajstić information content (AvgIpc) is 2.77. The highest BCUT2D eigenvalue weighted by Crippen LogP contribution is 2.27. The number of rotatable bonds is 5. The summed E-state index contributed by atoms with van der Waals surface area (Å²) < 4.78 is 1.56. The van der Waals surface area contributed by atoms with E-state index in [-0.39, 0.29) is 11.5 Å². The third-order valence-electron chi connectivity index (χ3n) is 4.87. The molecule has 0 saturated carbocycles. The van der Waals surface area contributed by atoms with Gasteiger partial charge < -0.3 is 5.32 Å². The quantitative estimate of drug-likeness (QED) is 0.324. The lowest BCUT2D eigenvalue weighted by molar-refractivity contribution is -0.115. The van der Waals surface area contributed by atoms with Crippen LogP contribution in [-0.2, 0) is 4.79 Å². The second-order valence-corrected chi connectivity index (χ2v) is 8.84. The van der Waals surface area contributed by atoms with Crippen molar-refractivity contribution in [3.63, 3.8) is 0 Å². The van der Waals surface area contributed by atoms with Crippen molar-refractivity contribution in [3.05, 3.63) is 93.7 Å². The molecule has 5 nitrogen and oxygen atoms in total. The number of nitrogens with one attached hydrogen (secondary N) is 1. The SMILES string of the molecule is Cc1ccc(Cl)cc1NC(=O)C(C)Sc1nc2ccccc2c(=O)n1-c1ccccc1. The zero-order chi connectivity index (χ0) is 22.0. The van der Waals surface area contributed by atoms with Crippen molar-refractivity contribution in [2.75, 3.05) is 5.32 Å². The lowest BCUT2D eigenvalue weighted by Gasteiger charge is -2.17. The molecule has 0 spiro atoms. The Morgan fingerprint density at radius 3 is 2.55 bits per heavy atom. The fourth-order valence-electron chi connectivity index (χ4n) is 3.17. The number of carbonyl (C=O) groups is 1. The molecule has 3 aromatic carbocycles. The Bertz CT molecular complexity index is 1320. The maximum Gasteiger partial charge on any atom is 0.266 e. The molecule has 0 aliphatic heterocycles. The summed E-state index contributed by atoms with van der Waals surface area (Å²) in [5.41, 5.74) is 2.71. The van der Waals surface area contributed by atoms with E-state index in [1.165, 1.54) is 11.8 Å². The molecule has 4 rings (SSSR count). The summed E-state index contributed by atoms with van der Waals surface area (Å²) >= 11 is 7.30. The van der Waals surface area contributed by atoms with Gasteiger partial charge in [-0.15, -0.1) is 0 Å². The van der Waals surface area contributed by atoms with Crippen LogP contribution in [0.1, 0.15) is 12.5 Å². The number of carbonyl (C=O) groups excluding carboxylic acids is 1. The molecule has 31 heavy (non-hydrogen) atoms. The Morgan fingerprint density at radius 1 is 1.06 bits per heavy atom. The van der Waals surface area contributed by atoms with Crippen LogP contribution < -0.4 is 10.9 Å². The van der Waals surface area contributed by atoms with Gasteiger partial charge in [0.25, 0.3) is 5.56 Å². The minimum atomic E-state index is -0.499. The van der Waals surface area contributed by atoms with Crippen molar-refractivity contribution in [2.45, 2.75) is 24.3 Å². The average molecular weight is 450 g/mol. The van der Waals surface area contributed by atoms with E-state index in [9.17, 15) is 9.59 Å². The molecule has 0 bridgehead atoms. The summed E-state index contributed by atoms with van der Waals surface area (Å²) in [4.78, 5) is 30.9. The first-order valence-electron chi connectivity index (χ1n) is 9.75. The van der Waals surface area contributed by atoms with E-state index in [1.54, 1.807) is 35.8 Å². The number of thioether (sulfide) groups is 1. The molecule has 156 valence electrons. The van der Waals surface area contributed by atoms with Gasteiger partial charge in [-0.2, -0.15) is 0 Å². The molecule has 7 heteroatoms. The van der Waals surface area contributed by atoms with Crippen molar-refractivity contribution < 1.29 is 4.79 Å². The molecule has 0 aliphatic carbocycles. The number of fused-ring (bicyclic) bond motifs is 1. The van der Waals surface area contributed by atoms with E-state index in [0.717, 1.165) is 5.56 Å². The van der Waals surface area contributed by atoms with E-state index < -0.39 is 5.25 Å². The number of halogens is 1. The largest absolute Gasteiger partial charge is 0.325 e. The van der Waals surface area contributed by atoms with Gasteiger partial charge in [0.1, 0.15) is 0 Å². The number of aryl methyl sites for hydroxylation is 1. The van der Waals surface area contributed by atoms with Crippen molar-refractivity contribution in [2.24, 2.45) is 0 Å². The van der Waals surface area contributed by atoms with Crippen LogP contribution in [0.5, 0.6) is 0 Å². The fourth-order valence-corrected chi connectivity index (χ4v) is 4.27. The van der Waals surface area contributed by atoms with Crippen LogP contribution in [0.2, 0.25) is 5.02 Å². The topological polar surface area (TPSA) is 64.0 Å². The molecular weight excluding hydrogens is 430 g/mol. The van der Waals surface area contributed by atoms with Crippen LogP contribution in [-0.4, -0.2) is 20.7 Å². The summed E-state index contributed by atoms with van der Waals surface area (Å²) in [6, 6.07) is 21.9. The predicted octanol–water partition coefficient (Wildman–Crippen LogP) is 5.47. The standard InChI is InChI=1S/C24H20ClN3O2S/c1-15-12-13-17(25)14-21(15)26-22(29)16(2)31-24-27-20-11-7-6-10-19(20)23(30)28(24)18-8-4-3-5-9-18/h3-14,16H,1-2H3,(H,26,29). The van der Waals surface area contributed by atoms with E-state index in [0.29, 0.717) is 32.5 Å². The molecule has 0 radical (unpaired) electrons. The number of amides is 1. The summed E-state index contributed by atoms with van der Waals surface area (Å²) in [6.07, 6.45) is 0. The van der Waals surface area contributed by atoms with Crippen LogP contribution in [0, 0.1) is 6.92 Å². The van der Waals surface area contributed by atoms with Gasteiger partial charge in [-0.25, -0.2) is 4.98 Å². The van der Waals surface area contributed by atoms with Crippen molar-refractivity contribution in [3.8, 4) is 5.69 Å². The molecule has 0 aliphatic rings. The third-order valence-corrected chi connectivity index (χ3v) is 6.16. The lowest BCUT2D eigenvalue weighted by Crippen LogP contribution is -2.26. The lowest BCUT2D eigenvalue weighted by atomic mass is 10.2. The number of anilines is 1. The number of benzene rings is 3.